The minimum atomic E-state index is -0.582. The summed E-state index contributed by atoms with van der Waals surface area (Å²) in [7, 11) is 0. The molecule has 1 aliphatic heterocycles. The molecule has 1 aliphatic rings. The average molecular weight is 333 g/mol. The van der Waals surface area contributed by atoms with E-state index >= 15 is 0 Å². The summed E-state index contributed by atoms with van der Waals surface area (Å²) in [5.74, 6) is 0.570. The Morgan fingerprint density at radius 1 is 1.46 bits per heavy atom. The van der Waals surface area contributed by atoms with Crippen LogP contribution in [0.25, 0.3) is 0 Å². The lowest BCUT2D eigenvalue weighted by Crippen LogP contribution is -2.42. The van der Waals surface area contributed by atoms with Crippen LogP contribution in [0.2, 0.25) is 0 Å². The number of amides is 2. The third-order valence-corrected chi connectivity index (χ3v) is 3.94. The van der Waals surface area contributed by atoms with Gasteiger partial charge in [-0.15, -0.1) is 0 Å². The minimum Gasteiger partial charge on any atom is -0.443 e. The van der Waals surface area contributed by atoms with Gasteiger partial charge in [-0.2, -0.15) is 0 Å². The molecule has 0 bridgehead atoms. The summed E-state index contributed by atoms with van der Waals surface area (Å²) in [5, 5.41) is 0. The normalized spacial score (nSPS) is 17.9. The van der Waals surface area contributed by atoms with Gasteiger partial charge in [0.05, 0.1) is 6.04 Å². The third-order valence-electron chi connectivity index (χ3n) is 3.94. The monoisotopic (exact) mass is 333 g/mol. The van der Waals surface area contributed by atoms with Crippen molar-refractivity contribution in [2.24, 2.45) is 0 Å². The Kier molecular flexibility index (Phi) is 5.47. The Morgan fingerprint density at radius 2 is 2.17 bits per heavy atom. The van der Waals surface area contributed by atoms with Gasteiger partial charge in [-0.1, -0.05) is 6.07 Å². The van der Waals surface area contributed by atoms with Crippen LogP contribution in [0.1, 0.15) is 59.1 Å². The summed E-state index contributed by atoms with van der Waals surface area (Å²) in [5.41, 5.74) is 0.308. The molecular weight excluding hydrogens is 306 g/mol. The fraction of sp³-hybridized carbons (Fsp3) is 0.611. The smallest absolute Gasteiger partial charge is 0.416 e. The maximum absolute atomic E-state index is 12.7. The Bertz CT molecular complexity index is 595. The highest BCUT2D eigenvalue weighted by atomic mass is 16.6. The summed E-state index contributed by atoms with van der Waals surface area (Å²) >= 11 is 0. The molecule has 6 nitrogen and oxygen atoms in total. The zero-order valence-corrected chi connectivity index (χ0v) is 15.2. The van der Waals surface area contributed by atoms with E-state index in [1.165, 1.54) is 0 Å². The number of pyridine rings is 1. The Hall–Kier alpha value is -2.11. The van der Waals surface area contributed by atoms with E-state index in [0.717, 1.165) is 31.4 Å². The van der Waals surface area contributed by atoms with E-state index < -0.39 is 11.7 Å². The summed E-state index contributed by atoms with van der Waals surface area (Å²) in [4.78, 5) is 31.8. The second kappa shape index (κ2) is 7.20. The first-order chi connectivity index (χ1) is 11.2. The van der Waals surface area contributed by atoms with E-state index in [1.807, 2.05) is 46.8 Å². The van der Waals surface area contributed by atoms with Gasteiger partial charge in [-0.25, -0.2) is 9.78 Å². The van der Waals surface area contributed by atoms with Crippen LogP contribution in [0.5, 0.6) is 0 Å². The molecule has 0 spiro atoms. The molecule has 0 aliphatic carbocycles. The van der Waals surface area contributed by atoms with Gasteiger partial charge >= 0.3 is 6.09 Å². The number of anilines is 1. The summed E-state index contributed by atoms with van der Waals surface area (Å²) in [6.45, 7) is 10.1. The number of rotatable bonds is 4. The number of nitrogens with zero attached hydrogens (tertiary/aromatic N) is 3. The van der Waals surface area contributed by atoms with Gasteiger partial charge in [0.1, 0.15) is 11.4 Å². The third kappa shape index (κ3) is 4.04. The van der Waals surface area contributed by atoms with Gasteiger partial charge in [0, 0.05) is 24.3 Å². The van der Waals surface area contributed by atoms with Crippen molar-refractivity contribution in [2.45, 2.75) is 65.1 Å². The van der Waals surface area contributed by atoms with Crippen LogP contribution in [0.4, 0.5) is 10.6 Å². The molecule has 1 unspecified atom stereocenters. The molecule has 1 aromatic heterocycles. The van der Waals surface area contributed by atoms with Crippen LogP contribution >= 0.6 is 0 Å². The molecular formula is C18H27N3O3. The van der Waals surface area contributed by atoms with Crippen LogP contribution in [0.3, 0.4) is 0 Å². The molecule has 0 saturated carbocycles. The Balaban J connectivity index is 2.41. The summed E-state index contributed by atoms with van der Waals surface area (Å²) in [6.07, 6.45) is 3.94. The molecule has 0 aromatic carbocycles. The second-order valence-electron chi connectivity index (χ2n) is 7.36. The molecule has 2 amide bonds. The SMILES string of the molecule is CC(C)N(C(=O)OC(C)(C)C)c1ncccc1C1CCCN1C=O. The Morgan fingerprint density at radius 3 is 2.75 bits per heavy atom. The molecule has 1 saturated heterocycles. The van der Waals surface area contributed by atoms with E-state index in [-0.39, 0.29) is 12.1 Å². The molecule has 2 heterocycles. The largest absolute Gasteiger partial charge is 0.443 e. The number of hydrogen-bond donors (Lipinski definition) is 0. The predicted molar refractivity (Wildman–Crippen MR) is 92.8 cm³/mol. The van der Waals surface area contributed by atoms with Crippen molar-refractivity contribution in [1.29, 1.82) is 0 Å². The first kappa shape index (κ1) is 18.2. The van der Waals surface area contributed by atoms with Crippen molar-refractivity contribution < 1.29 is 14.3 Å². The lowest BCUT2D eigenvalue weighted by molar-refractivity contribution is -0.118. The molecule has 0 N–H and O–H groups in total. The molecule has 0 radical (unpaired) electrons. The van der Waals surface area contributed by atoms with Gasteiger partial charge in [0.2, 0.25) is 6.41 Å². The van der Waals surface area contributed by atoms with Crippen molar-refractivity contribution in [1.82, 2.24) is 9.88 Å². The maximum atomic E-state index is 12.7. The molecule has 132 valence electrons. The first-order valence-corrected chi connectivity index (χ1v) is 8.42. The van der Waals surface area contributed by atoms with Gasteiger partial charge in [0.15, 0.2) is 0 Å². The number of carbonyl (C=O) groups excluding carboxylic acids is 2. The lowest BCUT2D eigenvalue weighted by atomic mass is 10.0. The van der Waals surface area contributed by atoms with E-state index in [4.69, 9.17) is 4.74 Å². The van der Waals surface area contributed by atoms with Crippen molar-refractivity contribution >= 4 is 18.3 Å². The van der Waals surface area contributed by atoms with Gasteiger partial charge < -0.3 is 9.64 Å². The lowest BCUT2D eigenvalue weighted by Gasteiger charge is -2.32. The fourth-order valence-electron chi connectivity index (χ4n) is 2.97. The van der Waals surface area contributed by atoms with Crippen LogP contribution in [0, 0.1) is 0 Å². The summed E-state index contributed by atoms with van der Waals surface area (Å²) < 4.78 is 5.55. The topological polar surface area (TPSA) is 62.7 Å². The highest BCUT2D eigenvalue weighted by molar-refractivity contribution is 5.88. The average Bonchev–Trinajstić information content (AvgIpc) is 2.94. The Labute approximate surface area is 143 Å². The maximum Gasteiger partial charge on any atom is 0.416 e. The van der Waals surface area contributed by atoms with Crippen LogP contribution in [-0.2, 0) is 9.53 Å². The first-order valence-electron chi connectivity index (χ1n) is 8.42. The van der Waals surface area contributed by atoms with Crippen molar-refractivity contribution in [3.8, 4) is 0 Å². The predicted octanol–water partition coefficient (Wildman–Crippen LogP) is 3.52. The van der Waals surface area contributed by atoms with Crippen molar-refractivity contribution in [3.05, 3.63) is 23.9 Å². The number of ether oxygens (including phenoxy) is 1. The van der Waals surface area contributed by atoms with Gasteiger partial charge in [-0.3, -0.25) is 9.69 Å². The molecule has 6 heteroatoms. The van der Waals surface area contributed by atoms with Crippen LogP contribution in [-0.4, -0.2) is 40.6 Å². The van der Waals surface area contributed by atoms with E-state index in [0.29, 0.717) is 5.82 Å². The number of likely N-dealkylation sites (tertiary alicyclic amines) is 1. The van der Waals surface area contributed by atoms with Crippen molar-refractivity contribution in [2.75, 3.05) is 11.4 Å². The molecule has 1 atom stereocenters. The highest BCUT2D eigenvalue weighted by Gasteiger charge is 2.33. The van der Waals surface area contributed by atoms with E-state index in [9.17, 15) is 9.59 Å². The number of aromatic nitrogens is 1. The number of carbonyl (C=O) groups is 2. The van der Waals surface area contributed by atoms with Crippen molar-refractivity contribution in [3.63, 3.8) is 0 Å². The zero-order valence-electron chi connectivity index (χ0n) is 15.2. The molecule has 2 rings (SSSR count). The second-order valence-corrected chi connectivity index (χ2v) is 7.36. The van der Waals surface area contributed by atoms with Crippen LogP contribution < -0.4 is 4.90 Å². The van der Waals surface area contributed by atoms with Gasteiger partial charge in [0.25, 0.3) is 0 Å². The van der Waals surface area contributed by atoms with Gasteiger partial charge in [-0.05, 0) is 53.5 Å². The quantitative estimate of drug-likeness (QED) is 0.791. The van der Waals surface area contributed by atoms with Crippen LogP contribution in [0.15, 0.2) is 18.3 Å². The standard InChI is InChI=1S/C18H27N3O3/c1-13(2)21(17(23)24-18(3,4)5)16-14(8-6-10-19-16)15-9-7-11-20(15)12-22/h6,8,10,12-13,15H,7,9,11H2,1-5H3. The molecule has 24 heavy (non-hydrogen) atoms. The zero-order chi connectivity index (χ0) is 17.9. The van der Waals surface area contributed by atoms with E-state index in [2.05, 4.69) is 4.98 Å². The number of hydrogen-bond acceptors (Lipinski definition) is 4. The highest BCUT2D eigenvalue weighted by Crippen LogP contribution is 2.36. The van der Waals surface area contributed by atoms with E-state index in [1.54, 1.807) is 16.0 Å². The summed E-state index contributed by atoms with van der Waals surface area (Å²) in [6, 6.07) is 3.62. The minimum absolute atomic E-state index is 0.0464. The fourth-order valence-corrected chi connectivity index (χ4v) is 2.97. The molecule has 1 fully saturated rings. The molecule has 1 aromatic rings.